The van der Waals surface area contributed by atoms with Gasteiger partial charge in [0.25, 0.3) is 0 Å². The normalized spacial score (nSPS) is 12.9. The Morgan fingerprint density at radius 2 is 1.94 bits per heavy atom. The van der Waals surface area contributed by atoms with Crippen LogP contribution >= 0.6 is 0 Å². The van der Waals surface area contributed by atoms with Gasteiger partial charge in [0.2, 0.25) is 5.89 Å². The molecule has 7 heteroatoms. The Morgan fingerprint density at radius 3 is 2.35 bits per heavy atom. The molecule has 1 aromatic rings. The molecular formula is C10H19N3O3S. The summed E-state index contributed by atoms with van der Waals surface area (Å²) in [7, 11) is -3.15. The minimum atomic E-state index is -3.15. The molecule has 2 N–H and O–H groups in total. The predicted octanol–water partition coefficient (Wildman–Crippen LogP) is 0.631. The third-order valence-corrected chi connectivity index (χ3v) is 3.84. The summed E-state index contributed by atoms with van der Waals surface area (Å²) < 4.78 is 27.4. The van der Waals surface area contributed by atoms with Gasteiger partial charge >= 0.3 is 0 Å². The lowest BCUT2D eigenvalue weighted by Crippen LogP contribution is -2.34. The SMILES string of the molecule is CCC(CC)(CN)c1nc(CS(C)(=O)=O)no1. The summed E-state index contributed by atoms with van der Waals surface area (Å²) >= 11 is 0. The maximum atomic E-state index is 11.1. The van der Waals surface area contributed by atoms with E-state index >= 15 is 0 Å². The Bertz CT molecular complexity index is 455. The Balaban J connectivity index is 3.01. The number of hydrogen-bond acceptors (Lipinski definition) is 6. The van der Waals surface area contributed by atoms with Crippen molar-refractivity contribution in [1.29, 1.82) is 0 Å². The molecule has 17 heavy (non-hydrogen) atoms. The first-order chi connectivity index (χ1) is 7.87. The smallest absolute Gasteiger partial charge is 0.234 e. The molecule has 0 saturated carbocycles. The van der Waals surface area contributed by atoms with E-state index in [0.717, 1.165) is 19.1 Å². The lowest BCUT2D eigenvalue weighted by molar-refractivity contribution is 0.266. The Hall–Kier alpha value is -0.950. The minimum absolute atomic E-state index is 0.197. The summed E-state index contributed by atoms with van der Waals surface area (Å²) in [5, 5.41) is 3.69. The van der Waals surface area contributed by atoms with E-state index in [9.17, 15) is 8.42 Å². The van der Waals surface area contributed by atoms with E-state index in [4.69, 9.17) is 10.3 Å². The van der Waals surface area contributed by atoms with Gasteiger partial charge in [-0.05, 0) is 12.8 Å². The van der Waals surface area contributed by atoms with Gasteiger partial charge in [-0.15, -0.1) is 0 Å². The molecule has 0 unspecified atom stereocenters. The first-order valence-electron chi connectivity index (χ1n) is 5.57. The van der Waals surface area contributed by atoms with Gasteiger partial charge in [0.1, 0.15) is 5.75 Å². The van der Waals surface area contributed by atoms with Gasteiger partial charge in [0.15, 0.2) is 15.7 Å². The van der Waals surface area contributed by atoms with Crippen LogP contribution < -0.4 is 5.73 Å². The average Bonchev–Trinajstić information content (AvgIpc) is 2.68. The highest BCUT2D eigenvalue weighted by atomic mass is 32.2. The second-order valence-corrected chi connectivity index (χ2v) is 6.42. The van der Waals surface area contributed by atoms with Gasteiger partial charge in [0, 0.05) is 12.8 Å². The van der Waals surface area contributed by atoms with Crippen molar-refractivity contribution in [3.8, 4) is 0 Å². The zero-order chi connectivity index (χ0) is 13.1. The largest absolute Gasteiger partial charge is 0.339 e. The van der Waals surface area contributed by atoms with Crippen LogP contribution in [0.3, 0.4) is 0 Å². The van der Waals surface area contributed by atoms with E-state index in [-0.39, 0.29) is 17.0 Å². The fourth-order valence-corrected chi connectivity index (χ4v) is 2.28. The monoisotopic (exact) mass is 261 g/mol. The molecule has 0 aromatic carbocycles. The van der Waals surface area contributed by atoms with Crippen LogP contribution in [0.4, 0.5) is 0 Å². The second-order valence-electron chi connectivity index (χ2n) is 4.28. The summed E-state index contributed by atoms with van der Waals surface area (Å²) in [5.41, 5.74) is 5.41. The molecule has 0 aliphatic rings. The maximum absolute atomic E-state index is 11.1. The third kappa shape index (κ3) is 3.26. The van der Waals surface area contributed by atoms with Crippen molar-refractivity contribution in [2.45, 2.75) is 37.9 Å². The Morgan fingerprint density at radius 1 is 1.35 bits per heavy atom. The van der Waals surface area contributed by atoms with Gasteiger partial charge < -0.3 is 10.3 Å². The van der Waals surface area contributed by atoms with Gasteiger partial charge in [-0.2, -0.15) is 4.98 Å². The van der Waals surface area contributed by atoms with Crippen LogP contribution in [0.2, 0.25) is 0 Å². The van der Waals surface area contributed by atoms with Crippen molar-refractivity contribution in [2.24, 2.45) is 5.73 Å². The molecule has 98 valence electrons. The highest BCUT2D eigenvalue weighted by Gasteiger charge is 2.33. The van der Waals surface area contributed by atoms with E-state index in [2.05, 4.69) is 10.1 Å². The highest BCUT2D eigenvalue weighted by molar-refractivity contribution is 7.89. The van der Waals surface area contributed by atoms with Crippen LogP contribution in [0.25, 0.3) is 0 Å². The van der Waals surface area contributed by atoms with Crippen molar-refractivity contribution in [3.05, 3.63) is 11.7 Å². The van der Waals surface area contributed by atoms with Gasteiger partial charge in [-0.1, -0.05) is 19.0 Å². The Kier molecular flexibility index (Phi) is 4.26. The van der Waals surface area contributed by atoms with E-state index in [1.807, 2.05) is 13.8 Å². The standard InChI is InChI=1S/C10H19N3O3S/c1-4-10(5-2,7-11)9-12-8(13-16-9)6-17(3,14)15/h4-7,11H2,1-3H3. The van der Waals surface area contributed by atoms with Gasteiger partial charge in [-0.25, -0.2) is 8.42 Å². The number of hydrogen-bond donors (Lipinski definition) is 1. The van der Waals surface area contributed by atoms with Gasteiger partial charge in [0.05, 0.1) is 5.41 Å². The molecule has 0 aliphatic carbocycles. The molecule has 0 aliphatic heterocycles. The molecule has 6 nitrogen and oxygen atoms in total. The molecule has 0 saturated heterocycles. The van der Waals surface area contributed by atoms with E-state index < -0.39 is 9.84 Å². The number of rotatable bonds is 6. The molecule has 0 amide bonds. The quantitative estimate of drug-likeness (QED) is 0.806. The van der Waals surface area contributed by atoms with E-state index in [1.54, 1.807) is 0 Å². The minimum Gasteiger partial charge on any atom is -0.339 e. The summed E-state index contributed by atoms with van der Waals surface area (Å²) in [6.07, 6.45) is 2.69. The lowest BCUT2D eigenvalue weighted by atomic mass is 9.82. The van der Waals surface area contributed by atoms with Crippen molar-refractivity contribution in [3.63, 3.8) is 0 Å². The number of nitrogens with two attached hydrogens (primary N) is 1. The third-order valence-electron chi connectivity index (χ3n) is 3.06. The highest BCUT2D eigenvalue weighted by Crippen LogP contribution is 2.29. The summed E-state index contributed by atoms with van der Waals surface area (Å²) in [6.45, 7) is 4.40. The van der Waals surface area contributed by atoms with Crippen molar-refractivity contribution in [2.75, 3.05) is 12.8 Å². The summed E-state index contributed by atoms with van der Waals surface area (Å²) in [5.74, 6) is 0.427. The molecule has 0 bridgehead atoms. The number of nitrogens with zero attached hydrogens (tertiary/aromatic N) is 2. The van der Waals surface area contributed by atoms with Crippen LogP contribution in [0, 0.1) is 0 Å². The fraction of sp³-hybridized carbons (Fsp3) is 0.800. The molecule has 1 heterocycles. The Labute approximate surface area is 102 Å². The predicted molar refractivity (Wildman–Crippen MR) is 64.2 cm³/mol. The molecule has 0 radical (unpaired) electrons. The van der Waals surface area contributed by atoms with Crippen LogP contribution in [0.15, 0.2) is 4.52 Å². The average molecular weight is 261 g/mol. The van der Waals surface area contributed by atoms with Crippen LogP contribution in [-0.4, -0.2) is 31.4 Å². The lowest BCUT2D eigenvalue weighted by Gasteiger charge is -2.24. The van der Waals surface area contributed by atoms with Gasteiger partial charge in [-0.3, -0.25) is 0 Å². The summed E-state index contributed by atoms with van der Waals surface area (Å²) in [4.78, 5) is 4.14. The first-order valence-corrected chi connectivity index (χ1v) is 7.63. The molecule has 0 fully saturated rings. The van der Waals surface area contributed by atoms with Crippen molar-refractivity contribution < 1.29 is 12.9 Å². The van der Waals surface area contributed by atoms with E-state index in [0.29, 0.717) is 12.4 Å². The summed E-state index contributed by atoms with van der Waals surface area (Å²) in [6, 6.07) is 0. The van der Waals surface area contributed by atoms with Crippen LogP contribution in [0.1, 0.15) is 38.4 Å². The first kappa shape index (κ1) is 14.1. The van der Waals surface area contributed by atoms with Crippen LogP contribution in [0.5, 0.6) is 0 Å². The topological polar surface area (TPSA) is 99.1 Å². The maximum Gasteiger partial charge on any atom is 0.234 e. The molecule has 1 aromatic heterocycles. The number of aromatic nitrogens is 2. The fourth-order valence-electron chi connectivity index (χ4n) is 1.69. The zero-order valence-corrected chi connectivity index (χ0v) is 11.2. The molecule has 0 atom stereocenters. The molecular weight excluding hydrogens is 242 g/mol. The van der Waals surface area contributed by atoms with Crippen molar-refractivity contribution >= 4 is 9.84 Å². The second kappa shape index (κ2) is 5.14. The number of sulfone groups is 1. The molecule has 1 rings (SSSR count). The zero-order valence-electron chi connectivity index (χ0n) is 10.4. The van der Waals surface area contributed by atoms with Crippen LogP contribution in [-0.2, 0) is 21.0 Å². The van der Waals surface area contributed by atoms with E-state index in [1.165, 1.54) is 0 Å². The molecule has 0 spiro atoms. The van der Waals surface area contributed by atoms with Crippen molar-refractivity contribution in [1.82, 2.24) is 10.1 Å².